The van der Waals surface area contributed by atoms with Gasteiger partial charge in [0.25, 0.3) is 0 Å². The molecule has 0 aliphatic heterocycles. The first-order chi connectivity index (χ1) is 8.91. The molecule has 6 heteroatoms. The molecule has 6 N–H and O–H groups in total. The quantitative estimate of drug-likeness (QED) is 0.390. The van der Waals surface area contributed by atoms with Gasteiger partial charge in [-0.3, -0.25) is 0 Å². The predicted octanol–water partition coefficient (Wildman–Crippen LogP) is -0.819. The summed E-state index contributed by atoms with van der Waals surface area (Å²) in [5.74, 6) is -0.725. The fourth-order valence-corrected chi connectivity index (χ4v) is 1.10. The van der Waals surface area contributed by atoms with Crippen molar-refractivity contribution in [3.05, 3.63) is 48.7 Å². The second-order valence-electron chi connectivity index (χ2n) is 3.82. The number of hydrogen-bond donors (Lipinski definition) is 6. The molecule has 0 heterocycles. The molecule has 0 aliphatic carbocycles. The van der Waals surface area contributed by atoms with E-state index in [-0.39, 0.29) is 0 Å². The Balaban J connectivity index is 0.000000443. The molecule has 108 valence electrons. The summed E-state index contributed by atoms with van der Waals surface area (Å²) in [7, 11) is 0. The molecule has 0 saturated heterocycles. The van der Waals surface area contributed by atoms with E-state index >= 15 is 0 Å². The fourth-order valence-electron chi connectivity index (χ4n) is 1.10. The van der Waals surface area contributed by atoms with Crippen LogP contribution in [0.4, 0.5) is 0 Å². The van der Waals surface area contributed by atoms with Crippen LogP contribution in [-0.4, -0.2) is 61.7 Å². The Bertz CT molecular complexity index is 316. The number of aliphatic hydroxyl groups is 6. The van der Waals surface area contributed by atoms with Gasteiger partial charge in [0.15, 0.2) is 0 Å². The molecule has 1 aromatic carbocycles. The van der Waals surface area contributed by atoms with Crippen LogP contribution in [0.5, 0.6) is 0 Å². The fraction of sp³-hybridized carbons (Fsp3) is 0.385. The summed E-state index contributed by atoms with van der Waals surface area (Å²) in [6, 6.07) is 12.0. The van der Waals surface area contributed by atoms with Crippen LogP contribution in [0.3, 0.4) is 0 Å². The van der Waals surface area contributed by atoms with E-state index in [1.807, 2.05) is 36.4 Å². The Morgan fingerprint density at radius 2 is 1.21 bits per heavy atom. The van der Waals surface area contributed by atoms with Gasteiger partial charge >= 0.3 is 0 Å². The van der Waals surface area contributed by atoms with Crippen LogP contribution in [0, 0.1) is 0 Å². The molecule has 6 nitrogen and oxygen atoms in total. The van der Waals surface area contributed by atoms with Crippen LogP contribution in [0.2, 0.25) is 0 Å². The molecule has 0 amide bonds. The summed E-state index contributed by atoms with van der Waals surface area (Å²) in [5, 5.41) is 52.9. The van der Waals surface area contributed by atoms with Crippen LogP contribution in [0.15, 0.2) is 48.7 Å². The van der Waals surface area contributed by atoms with Crippen LogP contribution in [-0.2, 0) is 0 Å². The molecule has 0 aliphatic rings. The van der Waals surface area contributed by atoms with E-state index in [2.05, 4.69) is 6.58 Å². The molecule has 0 radical (unpaired) electrons. The Morgan fingerprint density at radius 3 is 1.47 bits per heavy atom. The number of aliphatic hydroxyl groups excluding tert-OH is 6. The average Bonchev–Trinajstić information content (AvgIpc) is 2.46. The van der Waals surface area contributed by atoms with E-state index in [1.165, 1.54) is 0 Å². The highest BCUT2D eigenvalue weighted by molar-refractivity contribution is 4.99. The minimum Gasteiger partial charge on any atom is -0.510 e. The van der Waals surface area contributed by atoms with E-state index < -0.39 is 36.8 Å². The van der Waals surface area contributed by atoms with Crippen molar-refractivity contribution in [2.24, 2.45) is 0 Å². The topological polar surface area (TPSA) is 121 Å². The smallest absolute Gasteiger partial charge is 0.139 e. The maximum absolute atomic E-state index is 9.07. The van der Waals surface area contributed by atoms with Gasteiger partial charge in [-0.2, -0.15) is 0 Å². The van der Waals surface area contributed by atoms with Crippen molar-refractivity contribution in [3.63, 3.8) is 0 Å². The predicted molar refractivity (Wildman–Crippen MR) is 69.3 cm³/mol. The Hall–Kier alpha value is -1.44. The van der Waals surface area contributed by atoms with E-state index in [1.54, 1.807) is 0 Å². The molecule has 0 aromatic heterocycles. The second kappa shape index (κ2) is 9.48. The Labute approximate surface area is 111 Å². The lowest BCUT2D eigenvalue weighted by atomic mass is 10.0. The summed E-state index contributed by atoms with van der Waals surface area (Å²) in [6.45, 7) is 2.17. The lowest BCUT2D eigenvalue weighted by molar-refractivity contribution is -0.112. The summed E-state index contributed by atoms with van der Waals surface area (Å²) >= 11 is 0. The summed E-state index contributed by atoms with van der Waals surface area (Å²) in [5.41, 5.74) is 0. The van der Waals surface area contributed by atoms with Gasteiger partial charge in [0.2, 0.25) is 0 Å². The average molecular weight is 272 g/mol. The maximum Gasteiger partial charge on any atom is 0.139 e. The van der Waals surface area contributed by atoms with Crippen molar-refractivity contribution in [2.75, 3.05) is 6.61 Å². The number of hydrogen-bond acceptors (Lipinski definition) is 6. The summed E-state index contributed by atoms with van der Waals surface area (Å²) < 4.78 is 0. The van der Waals surface area contributed by atoms with Crippen LogP contribution >= 0.6 is 0 Å². The van der Waals surface area contributed by atoms with Gasteiger partial charge in [0, 0.05) is 0 Å². The first-order valence-corrected chi connectivity index (χ1v) is 5.62. The monoisotopic (exact) mass is 272 g/mol. The lowest BCUT2D eigenvalue weighted by Gasteiger charge is -2.24. The molecular formula is C13H20O6. The standard InChI is InChI=1S/C7H14O6.C6H6/c1-3(9)5(11)7(13)6(12)4(10)2-8;1-2-4-6-5-3-1/h4-13H,1-2H2;1-6H. The lowest BCUT2D eigenvalue weighted by Crippen LogP contribution is -2.46. The van der Waals surface area contributed by atoms with Crippen molar-refractivity contribution in [3.8, 4) is 0 Å². The van der Waals surface area contributed by atoms with Gasteiger partial charge in [-0.25, -0.2) is 0 Å². The van der Waals surface area contributed by atoms with Gasteiger partial charge in [-0.05, 0) is 0 Å². The van der Waals surface area contributed by atoms with E-state index in [4.69, 9.17) is 30.6 Å². The highest BCUT2D eigenvalue weighted by atomic mass is 16.4. The van der Waals surface area contributed by atoms with Crippen molar-refractivity contribution in [1.82, 2.24) is 0 Å². The van der Waals surface area contributed by atoms with Gasteiger partial charge in [-0.15, -0.1) is 0 Å². The Morgan fingerprint density at radius 1 is 0.842 bits per heavy atom. The van der Waals surface area contributed by atoms with Gasteiger partial charge < -0.3 is 30.6 Å². The first kappa shape index (κ1) is 17.6. The Kier molecular flexibility index (Phi) is 8.77. The molecule has 19 heavy (non-hydrogen) atoms. The van der Waals surface area contributed by atoms with E-state index in [0.717, 1.165) is 0 Å². The van der Waals surface area contributed by atoms with Crippen molar-refractivity contribution in [1.29, 1.82) is 0 Å². The van der Waals surface area contributed by atoms with Crippen LogP contribution in [0.1, 0.15) is 0 Å². The van der Waals surface area contributed by atoms with E-state index in [9.17, 15) is 0 Å². The first-order valence-electron chi connectivity index (χ1n) is 5.62. The zero-order valence-corrected chi connectivity index (χ0v) is 10.4. The molecule has 1 aromatic rings. The SMILES string of the molecule is C=C(O)C(O)C(O)C(O)C(O)CO.c1ccccc1. The summed E-state index contributed by atoms with van der Waals surface area (Å²) in [4.78, 5) is 0. The third kappa shape index (κ3) is 6.90. The molecule has 0 spiro atoms. The molecule has 4 unspecified atom stereocenters. The van der Waals surface area contributed by atoms with Crippen molar-refractivity contribution >= 4 is 0 Å². The zero-order chi connectivity index (χ0) is 14.8. The van der Waals surface area contributed by atoms with Crippen molar-refractivity contribution < 1.29 is 30.6 Å². The molecule has 0 bridgehead atoms. The van der Waals surface area contributed by atoms with Crippen LogP contribution in [0.25, 0.3) is 0 Å². The van der Waals surface area contributed by atoms with Crippen molar-refractivity contribution in [2.45, 2.75) is 24.4 Å². The normalized spacial score (nSPS) is 16.5. The molecule has 0 saturated carbocycles. The largest absolute Gasteiger partial charge is 0.510 e. The minimum atomic E-state index is -1.79. The minimum absolute atomic E-state index is 0.725. The second-order valence-corrected chi connectivity index (χ2v) is 3.82. The van der Waals surface area contributed by atoms with Gasteiger partial charge in [-0.1, -0.05) is 43.0 Å². The van der Waals surface area contributed by atoms with Gasteiger partial charge in [0.1, 0.15) is 30.2 Å². The summed E-state index contributed by atoms with van der Waals surface area (Å²) in [6.07, 6.45) is -6.87. The zero-order valence-electron chi connectivity index (χ0n) is 10.4. The van der Waals surface area contributed by atoms with Gasteiger partial charge in [0.05, 0.1) is 6.61 Å². The van der Waals surface area contributed by atoms with Crippen LogP contribution < -0.4 is 0 Å². The molecule has 1 rings (SSSR count). The highest BCUT2D eigenvalue weighted by Gasteiger charge is 2.31. The number of rotatable bonds is 5. The third-order valence-electron chi connectivity index (χ3n) is 2.26. The molecular weight excluding hydrogens is 252 g/mol. The third-order valence-corrected chi connectivity index (χ3v) is 2.26. The number of benzene rings is 1. The van der Waals surface area contributed by atoms with E-state index in [0.29, 0.717) is 0 Å². The maximum atomic E-state index is 9.07. The highest BCUT2D eigenvalue weighted by Crippen LogP contribution is 2.08. The molecule has 0 fully saturated rings. The molecule has 4 atom stereocenters.